The number of amides is 2. The first-order valence-corrected chi connectivity index (χ1v) is 15.2. The fourth-order valence-corrected chi connectivity index (χ4v) is 6.13. The molecule has 3 aromatic carbocycles. The van der Waals surface area contributed by atoms with Crippen LogP contribution in [0.3, 0.4) is 0 Å². The molecule has 3 heterocycles. The van der Waals surface area contributed by atoms with Gasteiger partial charge in [0.05, 0.1) is 0 Å². The van der Waals surface area contributed by atoms with Crippen molar-refractivity contribution < 1.29 is 4.79 Å². The molecule has 0 spiro atoms. The summed E-state index contributed by atoms with van der Waals surface area (Å²) in [6.07, 6.45) is 3.18. The van der Waals surface area contributed by atoms with Crippen molar-refractivity contribution in [1.82, 2.24) is 25.3 Å². The maximum Gasteiger partial charge on any atom is 0.315 e. The second kappa shape index (κ2) is 15.1. The van der Waals surface area contributed by atoms with Crippen LogP contribution in [-0.2, 0) is 19.6 Å². The first-order valence-electron chi connectivity index (χ1n) is 15.2. The van der Waals surface area contributed by atoms with E-state index in [0.29, 0.717) is 6.04 Å². The maximum absolute atomic E-state index is 12.4. The molecule has 41 heavy (non-hydrogen) atoms. The molecule has 4 N–H and O–H groups in total. The minimum absolute atomic E-state index is 0.0156. The van der Waals surface area contributed by atoms with Crippen LogP contribution in [0.15, 0.2) is 91.0 Å². The Balaban J connectivity index is 0.000000216. The van der Waals surface area contributed by atoms with E-state index in [4.69, 9.17) is 5.73 Å². The van der Waals surface area contributed by atoms with Gasteiger partial charge >= 0.3 is 6.03 Å². The molecular formula is C34H46N6O. The van der Waals surface area contributed by atoms with E-state index in [0.717, 1.165) is 78.2 Å². The number of nitrogens with zero attached hydrogens (tertiary/aromatic N) is 3. The van der Waals surface area contributed by atoms with Gasteiger partial charge in [-0.1, -0.05) is 91.0 Å². The Hall–Kier alpha value is -3.23. The van der Waals surface area contributed by atoms with E-state index in [2.05, 4.69) is 104 Å². The summed E-state index contributed by atoms with van der Waals surface area (Å²) < 4.78 is 0. The predicted octanol–water partition coefficient (Wildman–Crippen LogP) is 4.05. The monoisotopic (exact) mass is 554 g/mol. The maximum atomic E-state index is 12.4. The van der Waals surface area contributed by atoms with Gasteiger partial charge in [0.25, 0.3) is 0 Å². The van der Waals surface area contributed by atoms with Gasteiger partial charge in [-0.05, 0) is 36.0 Å². The predicted molar refractivity (Wildman–Crippen MR) is 166 cm³/mol. The molecular weight excluding hydrogens is 508 g/mol. The van der Waals surface area contributed by atoms with Gasteiger partial charge in [0.1, 0.15) is 0 Å². The van der Waals surface area contributed by atoms with Crippen LogP contribution in [0, 0.1) is 0 Å². The van der Waals surface area contributed by atoms with E-state index >= 15 is 0 Å². The fraction of sp³-hybridized carbons (Fsp3) is 0.441. The quantitative estimate of drug-likeness (QED) is 0.392. The van der Waals surface area contributed by atoms with E-state index in [9.17, 15) is 4.79 Å². The third kappa shape index (κ3) is 9.68. The average Bonchev–Trinajstić information content (AvgIpc) is 3.73. The molecule has 3 saturated heterocycles. The number of benzene rings is 3. The zero-order valence-electron chi connectivity index (χ0n) is 24.2. The van der Waals surface area contributed by atoms with E-state index in [1.807, 2.05) is 12.1 Å². The number of carbonyl (C=O) groups excluding carboxylic acids is 1. The van der Waals surface area contributed by atoms with Gasteiger partial charge in [-0.15, -0.1) is 0 Å². The lowest BCUT2D eigenvalue weighted by Crippen LogP contribution is -2.47. The average molecular weight is 555 g/mol. The van der Waals surface area contributed by atoms with Crippen molar-refractivity contribution in [2.24, 2.45) is 5.73 Å². The number of rotatable bonds is 8. The van der Waals surface area contributed by atoms with Gasteiger partial charge in [-0.2, -0.15) is 0 Å². The van der Waals surface area contributed by atoms with Crippen LogP contribution in [-0.4, -0.2) is 78.1 Å². The highest BCUT2D eigenvalue weighted by molar-refractivity contribution is 5.74. The van der Waals surface area contributed by atoms with Crippen molar-refractivity contribution in [2.45, 2.75) is 57.0 Å². The van der Waals surface area contributed by atoms with Crippen molar-refractivity contribution in [3.8, 4) is 0 Å². The lowest BCUT2D eigenvalue weighted by atomic mass is 10.2. The number of nitrogens with one attached hydrogen (secondary N) is 2. The topological polar surface area (TPSA) is 76.9 Å². The Labute approximate surface area is 245 Å². The van der Waals surface area contributed by atoms with Crippen molar-refractivity contribution >= 4 is 6.03 Å². The zero-order valence-corrected chi connectivity index (χ0v) is 24.2. The number of likely N-dealkylation sites (tertiary alicyclic amines) is 3. The Morgan fingerprint density at radius 3 is 1.32 bits per heavy atom. The third-order valence-electron chi connectivity index (χ3n) is 8.27. The molecule has 0 aliphatic carbocycles. The van der Waals surface area contributed by atoms with E-state index in [1.165, 1.54) is 16.7 Å². The molecule has 7 nitrogen and oxygen atoms in total. The number of hydrogen-bond acceptors (Lipinski definition) is 5. The second-order valence-electron chi connectivity index (χ2n) is 11.8. The van der Waals surface area contributed by atoms with Gasteiger partial charge < -0.3 is 16.4 Å². The van der Waals surface area contributed by atoms with Gasteiger partial charge in [0, 0.05) is 77.0 Å². The lowest BCUT2D eigenvalue weighted by Gasteiger charge is -2.19. The summed E-state index contributed by atoms with van der Waals surface area (Å²) in [6, 6.07) is 32.5. The molecule has 2 amide bonds. The summed E-state index contributed by atoms with van der Waals surface area (Å²) in [5, 5.41) is 6.35. The molecule has 0 saturated carbocycles. The second-order valence-corrected chi connectivity index (χ2v) is 11.8. The summed E-state index contributed by atoms with van der Waals surface area (Å²) in [5.74, 6) is 0. The SMILES string of the molecule is N[C@@H]1CCN(Cc2ccccc2)C1.O=C(N[C@@H]1CCN(Cc2ccccc2)C1)N[C@@H]1CCN(Cc2ccccc2)C1. The number of nitrogens with two attached hydrogens (primary N) is 1. The van der Waals surface area contributed by atoms with Crippen LogP contribution in [0.1, 0.15) is 36.0 Å². The molecule has 0 unspecified atom stereocenters. The molecule has 0 aromatic heterocycles. The van der Waals surface area contributed by atoms with Gasteiger partial charge in [-0.25, -0.2) is 4.79 Å². The summed E-state index contributed by atoms with van der Waals surface area (Å²) in [4.78, 5) is 19.7. The van der Waals surface area contributed by atoms with Crippen LogP contribution in [0.4, 0.5) is 4.79 Å². The zero-order chi connectivity index (χ0) is 28.3. The molecule has 3 atom stereocenters. The van der Waals surface area contributed by atoms with Crippen molar-refractivity contribution in [2.75, 3.05) is 39.3 Å². The Kier molecular flexibility index (Phi) is 10.8. The highest BCUT2D eigenvalue weighted by Crippen LogP contribution is 2.16. The third-order valence-corrected chi connectivity index (χ3v) is 8.27. The van der Waals surface area contributed by atoms with E-state index < -0.39 is 0 Å². The normalized spacial score (nSPS) is 23.2. The van der Waals surface area contributed by atoms with Crippen LogP contribution in [0.25, 0.3) is 0 Å². The first-order chi connectivity index (χ1) is 20.1. The number of urea groups is 1. The summed E-state index contributed by atoms with van der Waals surface area (Å²) in [6.45, 7) is 9.08. The molecule has 0 radical (unpaired) electrons. The van der Waals surface area contributed by atoms with Crippen molar-refractivity contribution in [1.29, 1.82) is 0 Å². The van der Waals surface area contributed by atoms with Gasteiger partial charge in [0.2, 0.25) is 0 Å². The van der Waals surface area contributed by atoms with Gasteiger partial charge in [-0.3, -0.25) is 14.7 Å². The van der Waals surface area contributed by atoms with Crippen LogP contribution >= 0.6 is 0 Å². The Bertz CT molecular complexity index is 1110. The van der Waals surface area contributed by atoms with Crippen LogP contribution < -0.4 is 16.4 Å². The largest absolute Gasteiger partial charge is 0.334 e. The highest BCUT2D eigenvalue weighted by Gasteiger charge is 2.27. The minimum atomic E-state index is -0.0156. The van der Waals surface area contributed by atoms with E-state index in [1.54, 1.807) is 0 Å². The Morgan fingerprint density at radius 2 is 0.951 bits per heavy atom. The molecule has 3 aliphatic rings. The molecule has 7 heteroatoms. The molecule has 3 aromatic rings. The van der Waals surface area contributed by atoms with Crippen LogP contribution in [0.2, 0.25) is 0 Å². The molecule has 6 rings (SSSR count). The van der Waals surface area contributed by atoms with Crippen molar-refractivity contribution in [3.05, 3.63) is 108 Å². The number of carbonyl (C=O) groups is 1. The molecule has 3 fully saturated rings. The summed E-state index contributed by atoms with van der Waals surface area (Å²) >= 11 is 0. The molecule has 0 bridgehead atoms. The van der Waals surface area contributed by atoms with Crippen molar-refractivity contribution in [3.63, 3.8) is 0 Å². The molecule has 218 valence electrons. The van der Waals surface area contributed by atoms with E-state index in [-0.39, 0.29) is 18.1 Å². The minimum Gasteiger partial charge on any atom is -0.334 e. The van der Waals surface area contributed by atoms with Crippen LogP contribution in [0.5, 0.6) is 0 Å². The molecule has 3 aliphatic heterocycles. The fourth-order valence-electron chi connectivity index (χ4n) is 6.13. The smallest absolute Gasteiger partial charge is 0.315 e. The Morgan fingerprint density at radius 1 is 0.585 bits per heavy atom. The first kappa shape index (κ1) is 29.3. The summed E-state index contributed by atoms with van der Waals surface area (Å²) in [7, 11) is 0. The number of hydrogen-bond donors (Lipinski definition) is 3. The standard InChI is InChI=1S/C23H30N4O.C11H16N2/c28-23(24-21-11-13-26(17-21)15-19-7-3-1-4-8-19)25-22-12-14-27(18-22)16-20-9-5-2-6-10-20;12-11-6-7-13(9-11)8-10-4-2-1-3-5-10/h1-10,21-22H,11-18H2,(H2,24,25,28);1-5,11H,6-9,12H2/t21-,22-;11-/m11/s1. The van der Waals surface area contributed by atoms with Gasteiger partial charge in [0.15, 0.2) is 0 Å². The summed E-state index contributed by atoms with van der Waals surface area (Å²) in [5.41, 5.74) is 9.88. The lowest BCUT2D eigenvalue weighted by molar-refractivity contribution is 0.231. The highest BCUT2D eigenvalue weighted by atomic mass is 16.2.